The summed E-state index contributed by atoms with van der Waals surface area (Å²) in [5, 5.41) is 10.6. The third-order valence-corrected chi connectivity index (χ3v) is 3.71. The molecule has 0 saturated carbocycles. The van der Waals surface area contributed by atoms with Crippen LogP contribution in [0, 0.1) is 13.8 Å². The predicted molar refractivity (Wildman–Crippen MR) is 77.7 cm³/mol. The second-order valence-electron chi connectivity index (χ2n) is 4.96. The molecular weight excluding hydrogens is 264 g/mol. The van der Waals surface area contributed by atoms with Crippen molar-refractivity contribution in [1.29, 1.82) is 0 Å². The van der Waals surface area contributed by atoms with Gasteiger partial charge in [0.15, 0.2) is 0 Å². The van der Waals surface area contributed by atoms with E-state index in [2.05, 4.69) is 22.7 Å². The first-order chi connectivity index (χ1) is 8.59. The number of halogens is 1. The highest BCUT2D eigenvalue weighted by Crippen LogP contribution is 2.12. The summed E-state index contributed by atoms with van der Waals surface area (Å²) in [6, 6.07) is 0.0149. The number of rotatable bonds is 4. The molecule has 1 aliphatic heterocycles. The number of amides is 1. The van der Waals surface area contributed by atoms with Crippen molar-refractivity contribution in [1.82, 2.24) is 20.4 Å². The molecule has 0 aliphatic carbocycles. The van der Waals surface area contributed by atoms with Crippen LogP contribution in [0.2, 0.25) is 0 Å². The lowest BCUT2D eigenvalue weighted by molar-refractivity contribution is -0.122. The zero-order valence-electron chi connectivity index (χ0n) is 11.8. The number of aromatic nitrogens is 2. The van der Waals surface area contributed by atoms with Crippen LogP contribution in [0.4, 0.5) is 0 Å². The van der Waals surface area contributed by atoms with Gasteiger partial charge in [-0.25, -0.2) is 0 Å². The lowest BCUT2D eigenvalue weighted by atomic mass is 10.1. The van der Waals surface area contributed by atoms with E-state index in [1.54, 1.807) is 0 Å². The van der Waals surface area contributed by atoms with E-state index < -0.39 is 0 Å². The van der Waals surface area contributed by atoms with E-state index in [-0.39, 0.29) is 24.4 Å². The van der Waals surface area contributed by atoms with Crippen molar-refractivity contribution < 1.29 is 4.79 Å². The van der Waals surface area contributed by atoms with Crippen LogP contribution < -0.4 is 10.6 Å². The van der Waals surface area contributed by atoms with Crippen molar-refractivity contribution in [3.63, 3.8) is 0 Å². The van der Waals surface area contributed by atoms with Crippen LogP contribution in [0.25, 0.3) is 0 Å². The summed E-state index contributed by atoms with van der Waals surface area (Å²) >= 11 is 0. The summed E-state index contributed by atoms with van der Waals surface area (Å²) in [4.78, 5) is 11.8. The minimum absolute atomic E-state index is 0. The van der Waals surface area contributed by atoms with E-state index in [1.807, 2.05) is 18.7 Å². The normalized spacial score (nSPS) is 18.2. The summed E-state index contributed by atoms with van der Waals surface area (Å²) in [6.45, 7) is 5.72. The Morgan fingerprint density at radius 3 is 2.79 bits per heavy atom. The highest BCUT2D eigenvalue weighted by atomic mass is 35.5. The van der Waals surface area contributed by atoms with Gasteiger partial charge in [0.1, 0.15) is 0 Å². The van der Waals surface area contributed by atoms with Crippen LogP contribution in [-0.4, -0.2) is 34.8 Å². The second kappa shape index (κ2) is 6.91. The lowest BCUT2D eigenvalue weighted by Gasteiger charge is -2.11. The third-order valence-electron chi connectivity index (χ3n) is 3.71. The SMILES string of the molecule is Cc1nn(C)c(C)c1CCNC(=O)C1CCCN1.Cl. The molecular formula is C13H23ClN4O. The summed E-state index contributed by atoms with van der Waals surface area (Å²) < 4.78 is 1.89. The maximum absolute atomic E-state index is 11.8. The predicted octanol–water partition coefficient (Wildman–Crippen LogP) is 0.869. The van der Waals surface area contributed by atoms with Crippen LogP contribution in [0.3, 0.4) is 0 Å². The Balaban J connectivity index is 0.00000180. The fourth-order valence-corrected chi connectivity index (χ4v) is 2.52. The fraction of sp³-hybridized carbons (Fsp3) is 0.692. The monoisotopic (exact) mass is 286 g/mol. The van der Waals surface area contributed by atoms with E-state index in [9.17, 15) is 4.79 Å². The molecule has 1 aliphatic rings. The highest BCUT2D eigenvalue weighted by Gasteiger charge is 2.21. The first-order valence-corrected chi connectivity index (χ1v) is 6.59. The topological polar surface area (TPSA) is 59.0 Å². The molecule has 6 heteroatoms. The number of carbonyl (C=O) groups is 1. The lowest BCUT2D eigenvalue weighted by Crippen LogP contribution is -2.41. The molecule has 1 unspecified atom stereocenters. The molecule has 1 amide bonds. The molecule has 1 aromatic rings. The van der Waals surface area contributed by atoms with Gasteiger partial charge in [-0.2, -0.15) is 5.10 Å². The van der Waals surface area contributed by atoms with E-state index in [0.717, 1.165) is 31.5 Å². The smallest absolute Gasteiger partial charge is 0.237 e. The Hall–Kier alpha value is -1.07. The molecule has 0 radical (unpaired) electrons. The Kier molecular flexibility index (Phi) is 5.82. The first kappa shape index (κ1) is 16.0. The first-order valence-electron chi connectivity index (χ1n) is 6.59. The van der Waals surface area contributed by atoms with Crippen LogP contribution in [0.1, 0.15) is 29.8 Å². The van der Waals surface area contributed by atoms with Gasteiger partial charge in [0, 0.05) is 19.3 Å². The fourth-order valence-electron chi connectivity index (χ4n) is 2.52. The molecule has 1 saturated heterocycles. The molecule has 2 heterocycles. The number of hydrogen-bond donors (Lipinski definition) is 2. The molecule has 108 valence electrons. The van der Waals surface area contributed by atoms with E-state index >= 15 is 0 Å². The van der Waals surface area contributed by atoms with Gasteiger partial charge < -0.3 is 10.6 Å². The zero-order valence-corrected chi connectivity index (χ0v) is 12.6. The second-order valence-corrected chi connectivity index (χ2v) is 4.96. The number of hydrogen-bond acceptors (Lipinski definition) is 3. The molecule has 5 nitrogen and oxygen atoms in total. The van der Waals surface area contributed by atoms with E-state index in [0.29, 0.717) is 6.54 Å². The van der Waals surface area contributed by atoms with Crippen molar-refractivity contribution in [3.8, 4) is 0 Å². The van der Waals surface area contributed by atoms with Gasteiger partial charge in [-0.15, -0.1) is 12.4 Å². The van der Waals surface area contributed by atoms with Crippen LogP contribution >= 0.6 is 12.4 Å². The van der Waals surface area contributed by atoms with Crippen LogP contribution in [0.5, 0.6) is 0 Å². The summed E-state index contributed by atoms with van der Waals surface area (Å²) in [5.41, 5.74) is 3.49. The third kappa shape index (κ3) is 3.70. The summed E-state index contributed by atoms with van der Waals surface area (Å²) in [7, 11) is 1.95. The minimum Gasteiger partial charge on any atom is -0.354 e. The summed E-state index contributed by atoms with van der Waals surface area (Å²) in [5.74, 6) is 0.131. The van der Waals surface area contributed by atoms with Crippen molar-refractivity contribution in [2.45, 2.75) is 39.2 Å². The average molecular weight is 287 g/mol. The average Bonchev–Trinajstić information content (AvgIpc) is 2.93. The molecule has 19 heavy (non-hydrogen) atoms. The Bertz CT molecular complexity index is 438. The number of nitrogens with one attached hydrogen (secondary N) is 2. The van der Waals surface area contributed by atoms with Crippen LogP contribution in [0.15, 0.2) is 0 Å². The maximum Gasteiger partial charge on any atom is 0.237 e. The molecule has 0 spiro atoms. The molecule has 0 bridgehead atoms. The largest absolute Gasteiger partial charge is 0.354 e. The maximum atomic E-state index is 11.8. The number of aryl methyl sites for hydroxylation is 2. The molecule has 2 N–H and O–H groups in total. The van der Waals surface area contributed by atoms with E-state index in [4.69, 9.17) is 0 Å². The molecule has 1 atom stereocenters. The minimum atomic E-state index is 0. The van der Waals surface area contributed by atoms with E-state index in [1.165, 1.54) is 11.3 Å². The van der Waals surface area contributed by atoms with Crippen LogP contribution in [-0.2, 0) is 18.3 Å². The van der Waals surface area contributed by atoms with Gasteiger partial charge >= 0.3 is 0 Å². The van der Waals surface area contributed by atoms with Gasteiger partial charge in [-0.3, -0.25) is 9.48 Å². The Morgan fingerprint density at radius 1 is 1.53 bits per heavy atom. The number of nitrogens with zero attached hydrogens (tertiary/aromatic N) is 2. The summed E-state index contributed by atoms with van der Waals surface area (Å²) in [6.07, 6.45) is 2.90. The van der Waals surface area contributed by atoms with Gasteiger partial charge in [0.25, 0.3) is 0 Å². The molecule has 1 aromatic heterocycles. The Morgan fingerprint density at radius 2 is 2.26 bits per heavy atom. The molecule has 1 fully saturated rings. The quantitative estimate of drug-likeness (QED) is 0.863. The van der Waals surface area contributed by atoms with Crippen molar-refractivity contribution in [2.24, 2.45) is 7.05 Å². The van der Waals surface area contributed by atoms with Crippen molar-refractivity contribution >= 4 is 18.3 Å². The molecule has 2 rings (SSSR count). The zero-order chi connectivity index (χ0) is 13.1. The van der Waals surface area contributed by atoms with Gasteiger partial charge in [-0.05, 0) is 45.2 Å². The Labute approximate surface area is 120 Å². The van der Waals surface area contributed by atoms with Crippen molar-refractivity contribution in [2.75, 3.05) is 13.1 Å². The van der Waals surface area contributed by atoms with Crippen molar-refractivity contribution in [3.05, 3.63) is 17.0 Å². The van der Waals surface area contributed by atoms with Gasteiger partial charge in [0.05, 0.1) is 11.7 Å². The highest BCUT2D eigenvalue weighted by molar-refractivity contribution is 5.85. The van der Waals surface area contributed by atoms with Gasteiger partial charge in [0.2, 0.25) is 5.91 Å². The number of carbonyl (C=O) groups excluding carboxylic acids is 1. The molecule has 0 aromatic carbocycles. The standard InChI is InChI=1S/C13H22N4O.ClH/c1-9-11(10(2)17(3)16-9)6-8-15-13(18)12-5-4-7-14-12;/h12,14H,4-8H2,1-3H3,(H,15,18);1H. The van der Waals surface area contributed by atoms with Gasteiger partial charge in [-0.1, -0.05) is 0 Å².